The number of rotatable bonds is 9. The van der Waals surface area contributed by atoms with Crippen molar-refractivity contribution in [1.29, 1.82) is 5.26 Å². The van der Waals surface area contributed by atoms with Gasteiger partial charge in [0.25, 0.3) is 3.70 Å². The van der Waals surface area contributed by atoms with Gasteiger partial charge in [0, 0.05) is 173 Å². The summed E-state index contributed by atoms with van der Waals surface area (Å²) in [6.07, 6.45) is 58.8. The number of nitrogens with zero attached hydrogens (tertiary/aromatic N) is 11. The lowest BCUT2D eigenvalue weighted by Crippen LogP contribution is -2.40. The van der Waals surface area contributed by atoms with Gasteiger partial charge in [-0.2, -0.15) is 14.7 Å². The van der Waals surface area contributed by atoms with Gasteiger partial charge in [-0.15, -0.1) is 0 Å². The summed E-state index contributed by atoms with van der Waals surface area (Å²) in [4.78, 5) is 32.5. The summed E-state index contributed by atoms with van der Waals surface area (Å²) in [6, 6.07) is 38.8. The number of aryl methyl sites for hydroxylation is 2. The van der Waals surface area contributed by atoms with Crippen molar-refractivity contribution in [3.05, 3.63) is 282 Å². The highest BCUT2D eigenvalue weighted by Crippen LogP contribution is 2.58. The third-order valence-electron chi connectivity index (χ3n) is 25.2. The van der Waals surface area contributed by atoms with Crippen molar-refractivity contribution < 1.29 is 19.7 Å². The number of halogens is 1. The summed E-state index contributed by atoms with van der Waals surface area (Å²) in [5, 5.41) is 52.1. The topological polar surface area (TPSA) is 251 Å². The number of nitriles is 1. The summed E-state index contributed by atoms with van der Waals surface area (Å²) >= 11 is 2.11. The standard InChI is InChI=1S/C11H12INO.C11H13NO.C11H13N.C10H12N2.C10H10N2.C10H14N2.C9H11NO.C9H11N.C7H9N.C4H7NO.CH4/c12-10-4-3-8-9(13(10)14)2-1-5-11(8)6-7-11;13-12-8-2-3-9-10(12)4-1-5-11(9)6-7-11;1-4-10-9(3-2-8-12-10)11(5-1)6-7-11;1-2-8-9(11-6-1)12-7-5-10(8)3-4-10;1-11-8-10(4-5-10)9-3-2-6-12-7-9;11-6-5-10(3-4-10)9-2-1-7-12-8-9;11-7-9(3-4-9)8-2-1-5-10-6-8;1-9(4-5-9)8-3-2-6-10-7-8;1-2-7-4-3-5-8-6-7;1-4(2,6)3-5;/h3-4H,1-2,5-7H2;2-3,8H,1,4-7H2;2-3,8H,1,4-7H2;1-2,6H,3-5,7H2,(H,11,12);2-3,6-7H,4-5,8H2;1-2,7-8H,3-6,11H2;1-2,5-6,11H,3-4,7H2;2-3,6-7H,4-5H2,1H3;3-6H,2H2,1H3;6H,1-2H3;1H4. The van der Waals surface area contributed by atoms with Crippen molar-refractivity contribution >= 4 is 28.4 Å². The van der Waals surface area contributed by atoms with E-state index in [2.05, 4.69) is 136 Å². The van der Waals surface area contributed by atoms with Crippen molar-refractivity contribution in [3.63, 3.8) is 0 Å². The number of aliphatic hydroxyl groups is 2. The molecule has 0 aromatic carbocycles. The molecule has 9 aromatic rings. The predicted molar refractivity (Wildman–Crippen MR) is 448 cm³/mol. The van der Waals surface area contributed by atoms with E-state index in [-0.39, 0.29) is 24.9 Å². The van der Waals surface area contributed by atoms with Crippen LogP contribution in [0.3, 0.4) is 0 Å². The number of nitrogens with two attached hydrogens (primary N) is 1. The molecule has 584 valence electrons. The Bertz CT molecular complexity index is 4460. The van der Waals surface area contributed by atoms with E-state index >= 15 is 0 Å². The van der Waals surface area contributed by atoms with Gasteiger partial charge in [-0.3, -0.25) is 29.9 Å². The molecule has 0 atom stereocenters. The molecule has 12 aliphatic rings. The van der Waals surface area contributed by atoms with Crippen LogP contribution >= 0.6 is 22.6 Å². The summed E-state index contributed by atoms with van der Waals surface area (Å²) in [5.74, 6) is 1.13. The first-order valence-corrected chi connectivity index (χ1v) is 41.4. The zero-order chi connectivity index (χ0) is 77.4. The highest BCUT2D eigenvalue weighted by atomic mass is 127. The number of hydrogen-bond donors (Lipinski definition) is 4. The van der Waals surface area contributed by atoms with Crippen LogP contribution in [0.5, 0.6) is 0 Å². The normalized spacial score (nSPS) is 19.5. The number of fused-ring (bicyclic) bond motifs is 8. The van der Waals surface area contributed by atoms with Crippen LogP contribution in [-0.4, -0.2) is 76.9 Å². The highest BCUT2D eigenvalue weighted by Gasteiger charge is 2.52. The lowest BCUT2D eigenvalue weighted by molar-refractivity contribution is -0.628. The molecule has 0 bridgehead atoms. The van der Waals surface area contributed by atoms with Gasteiger partial charge < -0.3 is 36.5 Å². The van der Waals surface area contributed by atoms with E-state index < -0.39 is 5.60 Å². The van der Waals surface area contributed by atoms with E-state index in [0.717, 1.165) is 94.8 Å². The van der Waals surface area contributed by atoms with Crippen LogP contribution < -0.4 is 20.5 Å². The predicted octanol–water partition coefficient (Wildman–Crippen LogP) is 17.7. The molecular weight excluding hydrogens is 1490 g/mol. The highest BCUT2D eigenvalue weighted by molar-refractivity contribution is 14.1. The molecule has 0 amide bonds. The molecule has 11 aliphatic carbocycles. The summed E-state index contributed by atoms with van der Waals surface area (Å²) < 4.78 is 3.00. The van der Waals surface area contributed by atoms with Crippen molar-refractivity contribution in [1.82, 2.24) is 34.9 Å². The van der Waals surface area contributed by atoms with Crippen LogP contribution in [0.4, 0.5) is 5.82 Å². The molecule has 0 saturated heterocycles. The quantitative estimate of drug-likeness (QED) is 0.0262. The smallest absolute Gasteiger partial charge is 0.252 e. The molecule has 9 aromatic heterocycles. The summed E-state index contributed by atoms with van der Waals surface area (Å²) in [6.45, 7) is 16.9. The lowest BCUT2D eigenvalue weighted by atomic mass is 9.83. The van der Waals surface area contributed by atoms with E-state index in [1.165, 1.54) is 192 Å². The Labute approximate surface area is 673 Å². The zero-order valence-electron chi connectivity index (χ0n) is 65.1. The Hall–Kier alpha value is -8.66. The van der Waals surface area contributed by atoms with Gasteiger partial charge in [0.1, 0.15) is 11.4 Å². The Kier molecular flexibility index (Phi) is 27.7. The second-order valence-corrected chi connectivity index (χ2v) is 34.6. The fraction of sp³-hybridized carbons (Fsp3) is 0.495. The molecule has 21 rings (SSSR count). The van der Waals surface area contributed by atoms with Gasteiger partial charge in [-0.05, 0) is 292 Å². The molecular formula is C93H116IN13O4. The summed E-state index contributed by atoms with van der Waals surface area (Å²) in [7, 11) is 0. The molecule has 4 spiro atoms. The third kappa shape index (κ3) is 21.4. The number of aliphatic hydroxyl groups excluding tert-OH is 1. The van der Waals surface area contributed by atoms with Crippen molar-refractivity contribution in [2.45, 2.75) is 264 Å². The molecule has 111 heavy (non-hydrogen) atoms. The van der Waals surface area contributed by atoms with Crippen LogP contribution in [0.15, 0.2) is 190 Å². The van der Waals surface area contributed by atoms with E-state index in [9.17, 15) is 10.4 Å². The van der Waals surface area contributed by atoms with Gasteiger partial charge in [-0.1, -0.05) is 63.7 Å². The molecule has 1 aliphatic heterocycles. The van der Waals surface area contributed by atoms with E-state index in [1.807, 2.05) is 110 Å². The Morgan fingerprint density at radius 2 is 1.00 bits per heavy atom. The monoisotopic (exact) mass is 1610 g/mol. The maximum Gasteiger partial charge on any atom is 0.252 e. The maximum atomic E-state index is 11.8. The second kappa shape index (κ2) is 36.9. The molecule has 5 N–H and O–H groups in total. The van der Waals surface area contributed by atoms with Gasteiger partial charge in [0.15, 0.2) is 17.6 Å². The minimum atomic E-state index is -1.15. The number of aromatic nitrogens is 9. The number of anilines is 1. The van der Waals surface area contributed by atoms with Crippen LogP contribution in [0.2, 0.25) is 0 Å². The Morgan fingerprint density at radius 3 is 1.46 bits per heavy atom. The minimum absolute atomic E-state index is 0. The maximum absolute atomic E-state index is 11.8. The van der Waals surface area contributed by atoms with Gasteiger partial charge in [0.2, 0.25) is 6.54 Å². The van der Waals surface area contributed by atoms with E-state index in [1.54, 1.807) is 36.4 Å². The van der Waals surface area contributed by atoms with Crippen LogP contribution in [0.25, 0.3) is 4.85 Å². The average molecular weight is 1610 g/mol. The minimum Gasteiger partial charge on any atom is -0.618 e. The zero-order valence-corrected chi connectivity index (χ0v) is 67.3. The van der Waals surface area contributed by atoms with Crippen LogP contribution in [0.1, 0.15) is 256 Å². The first-order chi connectivity index (χ1) is 53.3. The second-order valence-electron chi connectivity index (χ2n) is 33.5. The molecule has 10 heterocycles. The van der Waals surface area contributed by atoms with Crippen molar-refractivity contribution in [3.8, 4) is 6.07 Å². The van der Waals surface area contributed by atoms with Gasteiger partial charge in [-0.25, -0.2) is 11.6 Å². The fourth-order valence-electron chi connectivity index (χ4n) is 16.5. The largest absolute Gasteiger partial charge is 0.618 e. The van der Waals surface area contributed by atoms with E-state index in [0.29, 0.717) is 39.0 Å². The number of nitrogens with one attached hydrogen (secondary N) is 1. The SMILES string of the molecule is C.CC(C)(O)C#N.CC1(c2cccnc2)CC1.CCc1cccnc1.NCCC1(c2cccnc2)CC1.OCC1(c2cccnc2)CC1.[C-]#[N+]CC1(c2cccnc2)CC1.[O-][n+]1c(I)ccc2c1CCCC21CC1.[O-][n+]1cccc2c1CCCC21CC1.c1cnc2c(c1)C1(CCC2)CC1.c1cnc2c(c1)C1(CCN2)CC1. The Morgan fingerprint density at radius 1 is 0.550 bits per heavy atom. The Balaban J connectivity index is 0.000000123. The molecule has 18 heteroatoms. The molecule has 17 nitrogen and oxygen atoms in total. The van der Waals surface area contributed by atoms with Crippen molar-refractivity contribution in [2.24, 2.45) is 5.73 Å². The van der Waals surface area contributed by atoms with Crippen LogP contribution in [-0.2, 0) is 69.0 Å². The molecule has 8 saturated carbocycles. The summed E-state index contributed by atoms with van der Waals surface area (Å²) in [5.41, 5.74) is 23.2. The molecule has 8 fully saturated rings. The number of pyridine rings is 9. The van der Waals surface area contributed by atoms with E-state index in [4.69, 9.17) is 27.8 Å². The first-order valence-electron chi connectivity index (χ1n) is 40.3. The van der Waals surface area contributed by atoms with Crippen LogP contribution in [0, 0.1) is 32.0 Å². The first kappa shape index (κ1) is 83.3. The number of hydrogen-bond acceptors (Lipinski definition) is 14. The molecule has 0 unspecified atom stereocenters. The van der Waals surface area contributed by atoms with Crippen molar-refractivity contribution in [2.75, 3.05) is 31.6 Å². The third-order valence-corrected chi connectivity index (χ3v) is 25.9. The average Bonchev–Trinajstić information content (AvgIpc) is 1.60. The molecule has 0 radical (unpaired) electrons. The van der Waals surface area contributed by atoms with Gasteiger partial charge >= 0.3 is 0 Å². The van der Waals surface area contributed by atoms with Gasteiger partial charge in [0.05, 0.1) is 18.1 Å². The fourth-order valence-corrected chi connectivity index (χ4v) is 17.0. The lowest BCUT2D eigenvalue weighted by Gasteiger charge is -2.24.